The van der Waals surface area contributed by atoms with Crippen LogP contribution in [0.1, 0.15) is 19.8 Å². The fraction of sp³-hybridized carbons (Fsp3) is 0.727. The van der Waals surface area contributed by atoms with Gasteiger partial charge in [0.05, 0.1) is 7.11 Å². The van der Waals surface area contributed by atoms with E-state index in [0.717, 1.165) is 23.8 Å². The summed E-state index contributed by atoms with van der Waals surface area (Å²) in [6.45, 7) is 1.85. The van der Waals surface area contributed by atoms with Crippen LogP contribution in [0, 0.1) is 0 Å². The normalized spacial score (nSPS) is 14.2. The first-order valence-corrected chi connectivity index (χ1v) is 6.76. The Morgan fingerprint density at radius 2 is 2.39 bits per heavy atom. The summed E-state index contributed by atoms with van der Waals surface area (Å²) in [5.74, 6) is 0.662. The molecule has 1 aromatic heterocycles. The van der Waals surface area contributed by atoms with Crippen LogP contribution in [0.3, 0.4) is 0 Å². The first kappa shape index (κ1) is 15.0. The molecule has 1 aromatic rings. The van der Waals surface area contributed by atoms with Gasteiger partial charge in [-0.15, -0.1) is 0 Å². The number of hydrogen-bond acceptors (Lipinski definition) is 6. The van der Waals surface area contributed by atoms with Crippen LogP contribution < -0.4 is 5.32 Å². The molecule has 0 amide bonds. The summed E-state index contributed by atoms with van der Waals surface area (Å²) in [5.41, 5.74) is -0.616. The fourth-order valence-electron chi connectivity index (χ4n) is 1.56. The van der Waals surface area contributed by atoms with Crippen molar-refractivity contribution in [3.05, 3.63) is 6.33 Å². The molecule has 6 nitrogen and oxygen atoms in total. The van der Waals surface area contributed by atoms with Crippen LogP contribution >= 0.6 is 11.8 Å². The van der Waals surface area contributed by atoms with Crippen molar-refractivity contribution in [2.45, 2.75) is 30.5 Å². The number of methoxy groups -OCH3 is 1. The van der Waals surface area contributed by atoms with Crippen molar-refractivity contribution in [1.29, 1.82) is 0 Å². The molecule has 0 fully saturated rings. The lowest BCUT2D eigenvalue weighted by Crippen LogP contribution is -2.48. The van der Waals surface area contributed by atoms with Gasteiger partial charge in [-0.25, -0.2) is 9.67 Å². The number of thioether (sulfide) groups is 1. The summed E-state index contributed by atoms with van der Waals surface area (Å²) >= 11 is 1.63. The summed E-state index contributed by atoms with van der Waals surface area (Å²) in [6, 6.07) is 0. The van der Waals surface area contributed by atoms with E-state index in [1.807, 2.05) is 14.0 Å². The Morgan fingerprint density at radius 3 is 2.89 bits per heavy atom. The molecule has 7 heteroatoms. The summed E-state index contributed by atoms with van der Waals surface area (Å²) in [6.07, 6.45) is 3.15. The Kier molecular flexibility index (Phi) is 5.61. The van der Waals surface area contributed by atoms with Gasteiger partial charge >= 0.3 is 5.97 Å². The van der Waals surface area contributed by atoms with E-state index in [4.69, 9.17) is 4.74 Å². The molecule has 0 aromatic carbocycles. The Morgan fingerprint density at radius 1 is 1.67 bits per heavy atom. The maximum atomic E-state index is 11.6. The second-order valence-electron chi connectivity index (χ2n) is 4.19. The van der Waals surface area contributed by atoms with Gasteiger partial charge in [-0.2, -0.15) is 5.10 Å². The second-order valence-corrected chi connectivity index (χ2v) is 5.25. The average Bonchev–Trinajstić information content (AvgIpc) is 2.79. The number of aryl methyl sites for hydroxylation is 1. The number of nitrogens with one attached hydrogen (secondary N) is 1. The van der Waals surface area contributed by atoms with Gasteiger partial charge in [-0.1, -0.05) is 11.8 Å². The van der Waals surface area contributed by atoms with Crippen LogP contribution in [0.4, 0.5) is 0 Å². The number of carbonyl (C=O) groups is 1. The summed E-state index contributed by atoms with van der Waals surface area (Å²) in [5, 5.41) is 7.91. The smallest absolute Gasteiger partial charge is 0.325 e. The third-order valence-corrected chi connectivity index (χ3v) is 4.03. The Balaban J connectivity index is 2.36. The third-order valence-electron chi connectivity index (χ3n) is 2.91. The molecule has 0 saturated heterocycles. The summed E-state index contributed by atoms with van der Waals surface area (Å²) in [4.78, 5) is 15.8. The molecule has 1 atom stereocenters. The van der Waals surface area contributed by atoms with Crippen molar-refractivity contribution in [3.63, 3.8) is 0 Å². The zero-order valence-corrected chi connectivity index (χ0v) is 12.1. The largest absolute Gasteiger partial charge is 0.468 e. The molecule has 0 aliphatic rings. The zero-order chi connectivity index (χ0) is 13.6. The minimum Gasteiger partial charge on any atom is -0.468 e. The minimum atomic E-state index is -0.616. The third kappa shape index (κ3) is 3.71. The first-order chi connectivity index (χ1) is 8.53. The number of ether oxygens (including phenoxy) is 1. The topological polar surface area (TPSA) is 69.0 Å². The predicted molar refractivity (Wildman–Crippen MR) is 70.4 cm³/mol. The van der Waals surface area contributed by atoms with Crippen molar-refractivity contribution in [2.75, 3.05) is 19.9 Å². The number of carbonyl (C=O) groups excluding carboxylic acids is 1. The van der Waals surface area contributed by atoms with Gasteiger partial charge in [0.25, 0.3) is 0 Å². The summed E-state index contributed by atoms with van der Waals surface area (Å²) < 4.78 is 6.53. The van der Waals surface area contributed by atoms with Crippen molar-refractivity contribution in [1.82, 2.24) is 20.1 Å². The maximum absolute atomic E-state index is 11.6. The molecule has 0 aliphatic heterocycles. The van der Waals surface area contributed by atoms with Crippen LogP contribution in [0.25, 0.3) is 0 Å². The maximum Gasteiger partial charge on any atom is 0.325 e. The Hall–Kier alpha value is -1.08. The van der Waals surface area contributed by atoms with E-state index in [1.165, 1.54) is 13.4 Å². The predicted octanol–water partition coefficient (Wildman–Crippen LogP) is 0.838. The first-order valence-electron chi connectivity index (χ1n) is 5.77. The second kappa shape index (κ2) is 6.75. The van der Waals surface area contributed by atoms with Crippen molar-refractivity contribution >= 4 is 17.7 Å². The van der Waals surface area contributed by atoms with Crippen LogP contribution in [0.2, 0.25) is 0 Å². The van der Waals surface area contributed by atoms with Gasteiger partial charge in [-0.05, 0) is 26.8 Å². The minimum absolute atomic E-state index is 0.228. The number of hydrogen-bond donors (Lipinski definition) is 1. The summed E-state index contributed by atoms with van der Waals surface area (Å²) in [7, 11) is 5.04. The van der Waals surface area contributed by atoms with Crippen LogP contribution in [0.5, 0.6) is 0 Å². The van der Waals surface area contributed by atoms with E-state index in [0.29, 0.717) is 0 Å². The van der Waals surface area contributed by atoms with Gasteiger partial charge in [0.1, 0.15) is 11.9 Å². The molecule has 0 saturated carbocycles. The molecule has 1 heterocycles. The molecule has 1 unspecified atom stereocenters. The standard InChI is InChI=1S/C11H20N4O2S/c1-11(12-2,9(16)17-4)6-5-7-18-10-13-8-14-15(10)3/h8,12H,5-7H2,1-4H3. The van der Waals surface area contributed by atoms with Crippen LogP contribution in [-0.4, -0.2) is 46.2 Å². The van der Waals surface area contributed by atoms with Gasteiger partial charge < -0.3 is 10.1 Å². The Bertz CT molecular complexity index is 396. The molecule has 0 spiro atoms. The highest BCUT2D eigenvalue weighted by Gasteiger charge is 2.31. The molecule has 18 heavy (non-hydrogen) atoms. The number of likely N-dealkylation sites (N-methyl/N-ethyl adjacent to an activating group) is 1. The van der Waals surface area contributed by atoms with Gasteiger partial charge in [-0.3, -0.25) is 4.79 Å². The van der Waals surface area contributed by atoms with Crippen molar-refractivity contribution < 1.29 is 9.53 Å². The van der Waals surface area contributed by atoms with Gasteiger partial charge in [0.15, 0.2) is 5.16 Å². The number of esters is 1. The molecule has 0 bridgehead atoms. The van der Waals surface area contributed by atoms with Gasteiger partial charge in [0.2, 0.25) is 0 Å². The molecule has 0 radical (unpaired) electrons. The molecular formula is C11H20N4O2S. The quantitative estimate of drug-likeness (QED) is 0.450. The van der Waals surface area contributed by atoms with E-state index in [2.05, 4.69) is 15.4 Å². The monoisotopic (exact) mass is 272 g/mol. The lowest BCUT2D eigenvalue weighted by molar-refractivity contribution is -0.148. The van der Waals surface area contributed by atoms with E-state index in [-0.39, 0.29) is 5.97 Å². The molecule has 0 aliphatic carbocycles. The van der Waals surface area contributed by atoms with E-state index in [9.17, 15) is 4.79 Å². The SMILES string of the molecule is CNC(C)(CCCSc1ncnn1C)C(=O)OC. The molecular weight excluding hydrogens is 252 g/mol. The van der Waals surface area contributed by atoms with E-state index < -0.39 is 5.54 Å². The van der Waals surface area contributed by atoms with Crippen LogP contribution in [-0.2, 0) is 16.6 Å². The molecule has 1 rings (SSSR count). The highest BCUT2D eigenvalue weighted by Crippen LogP contribution is 2.19. The number of aromatic nitrogens is 3. The molecule has 102 valence electrons. The Labute approximate surface area is 111 Å². The highest BCUT2D eigenvalue weighted by molar-refractivity contribution is 7.99. The fourth-order valence-corrected chi connectivity index (χ4v) is 2.39. The lowest BCUT2D eigenvalue weighted by Gasteiger charge is -2.25. The van der Waals surface area contributed by atoms with E-state index in [1.54, 1.807) is 23.5 Å². The number of nitrogens with zero attached hydrogens (tertiary/aromatic N) is 3. The highest BCUT2D eigenvalue weighted by atomic mass is 32.2. The number of rotatable bonds is 7. The van der Waals surface area contributed by atoms with Gasteiger partial charge in [0, 0.05) is 12.8 Å². The molecule has 1 N–H and O–H groups in total. The van der Waals surface area contributed by atoms with E-state index >= 15 is 0 Å². The zero-order valence-electron chi connectivity index (χ0n) is 11.3. The van der Waals surface area contributed by atoms with Crippen LogP contribution in [0.15, 0.2) is 11.5 Å². The van der Waals surface area contributed by atoms with Crippen molar-refractivity contribution in [2.24, 2.45) is 7.05 Å². The average molecular weight is 272 g/mol. The van der Waals surface area contributed by atoms with Crippen molar-refractivity contribution in [3.8, 4) is 0 Å². The lowest BCUT2D eigenvalue weighted by atomic mass is 9.97.